The molecule has 5 rings (SSSR count). The number of non-ortho nitro benzene ring substituents is 1. The summed E-state index contributed by atoms with van der Waals surface area (Å²) in [7, 11) is 0. The topological polar surface area (TPSA) is 92.1 Å². The summed E-state index contributed by atoms with van der Waals surface area (Å²) in [6, 6.07) is 19.9. The fraction of sp³-hybridized carbons (Fsp3) is 0. The second-order valence-electron chi connectivity index (χ2n) is 6.36. The standard InChI is InChI=1S/C21H13N3O3/c25-18-10-9-12(24(26)27)11-17(18)21-22-19-15-7-3-1-5-13(15)14-6-2-4-8-16(14)20(19)23-21/h1-11,25H,(H,22,23). The molecule has 1 heterocycles. The molecule has 5 aromatic rings. The zero-order valence-corrected chi connectivity index (χ0v) is 14.0. The van der Waals surface area contributed by atoms with Crippen LogP contribution in [0, 0.1) is 10.1 Å². The second kappa shape index (κ2) is 5.54. The van der Waals surface area contributed by atoms with Gasteiger partial charge in [-0.05, 0) is 16.8 Å². The molecule has 27 heavy (non-hydrogen) atoms. The lowest BCUT2D eigenvalue weighted by atomic mass is 10.0. The van der Waals surface area contributed by atoms with E-state index in [2.05, 4.69) is 22.1 Å². The van der Waals surface area contributed by atoms with Crippen LogP contribution in [0.1, 0.15) is 0 Å². The van der Waals surface area contributed by atoms with E-state index in [0.717, 1.165) is 32.6 Å². The van der Waals surface area contributed by atoms with E-state index in [9.17, 15) is 15.2 Å². The number of phenolic OH excluding ortho intramolecular Hbond substituents is 1. The molecule has 6 nitrogen and oxygen atoms in total. The van der Waals surface area contributed by atoms with Gasteiger partial charge in [0.25, 0.3) is 5.69 Å². The Morgan fingerprint density at radius 1 is 0.889 bits per heavy atom. The van der Waals surface area contributed by atoms with Crippen LogP contribution in [-0.4, -0.2) is 20.0 Å². The fourth-order valence-corrected chi connectivity index (χ4v) is 3.58. The lowest BCUT2D eigenvalue weighted by Crippen LogP contribution is -1.89. The van der Waals surface area contributed by atoms with Gasteiger partial charge in [0.2, 0.25) is 0 Å². The number of rotatable bonds is 2. The smallest absolute Gasteiger partial charge is 0.270 e. The molecule has 0 atom stereocenters. The number of aromatic nitrogens is 2. The molecule has 0 aliphatic carbocycles. The Labute approximate surface area is 152 Å². The summed E-state index contributed by atoms with van der Waals surface area (Å²) in [5.74, 6) is 0.334. The van der Waals surface area contributed by atoms with Crippen LogP contribution in [-0.2, 0) is 0 Å². The number of nitro benzene ring substituents is 1. The van der Waals surface area contributed by atoms with Crippen molar-refractivity contribution >= 4 is 38.3 Å². The highest BCUT2D eigenvalue weighted by Gasteiger charge is 2.17. The minimum absolute atomic E-state index is 0.0618. The molecule has 0 spiro atoms. The summed E-state index contributed by atoms with van der Waals surface area (Å²) in [4.78, 5) is 18.6. The fourth-order valence-electron chi connectivity index (χ4n) is 3.58. The van der Waals surface area contributed by atoms with Gasteiger partial charge >= 0.3 is 0 Å². The van der Waals surface area contributed by atoms with E-state index >= 15 is 0 Å². The number of nitro groups is 1. The first-order chi connectivity index (χ1) is 13.1. The summed E-state index contributed by atoms with van der Waals surface area (Å²) >= 11 is 0. The summed E-state index contributed by atoms with van der Waals surface area (Å²) in [6.07, 6.45) is 0. The van der Waals surface area contributed by atoms with E-state index in [1.165, 1.54) is 18.2 Å². The van der Waals surface area contributed by atoms with Crippen molar-refractivity contribution in [2.24, 2.45) is 0 Å². The molecular weight excluding hydrogens is 342 g/mol. The van der Waals surface area contributed by atoms with E-state index in [1.807, 2.05) is 36.4 Å². The van der Waals surface area contributed by atoms with Crippen molar-refractivity contribution < 1.29 is 10.0 Å². The third kappa shape index (κ3) is 2.23. The SMILES string of the molecule is O=[N+]([O-])c1ccc(O)c(-c2nc3c4ccccc4c4ccccc4c3[nH]2)c1. The van der Waals surface area contributed by atoms with Gasteiger partial charge in [-0.2, -0.15) is 0 Å². The van der Waals surface area contributed by atoms with Gasteiger partial charge in [-0.25, -0.2) is 4.98 Å². The Hall–Kier alpha value is -3.93. The van der Waals surface area contributed by atoms with E-state index < -0.39 is 4.92 Å². The number of aromatic amines is 1. The van der Waals surface area contributed by atoms with Gasteiger partial charge in [0.15, 0.2) is 0 Å². The molecule has 0 radical (unpaired) electrons. The first kappa shape index (κ1) is 15.3. The van der Waals surface area contributed by atoms with Crippen LogP contribution in [0.15, 0.2) is 66.7 Å². The Balaban J connectivity index is 1.90. The van der Waals surface area contributed by atoms with Crippen LogP contribution >= 0.6 is 0 Å². The quantitative estimate of drug-likeness (QED) is 0.260. The van der Waals surface area contributed by atoms with E-state index in [-0.39, 0.29) is 11.4 Å². The zero-order chi connectivity index (χ0) is 18.5. The first-order valence-electron chi connectivity index (χ1n) is 8.40. The van der Waals surface area contributed by atoms with E-state index in [1.54, 1.807) is 0 Å². The van der Waals surface area contributed by atoms with Crippen molar-refractivity contribution in [3.05, 3.63) is 76.8 Å². The summed E-state index contributed by atoms with van der Waals surface area (Å²) in [5, 5.41) is 25.5. The normalized spacial score (nSPS) is 11.4. The third-order valence-electron chi connectivity index (χ3n) is 4.82. The van der Waals surface area contributed by atoms with Crippen molar-refractivity contribution in [1.82, 2.24) is 9.97 Å². The molecule has 0 bridgehead atoms. The van der Waals surface area contributed by atoms with Crippen LogP contribution in [0.5, 0.6) is 5.75 Å². The van der Waals surface area contributed by atoms with Gasteiger partial charge in [-0.3, -0.25) is 10.1 Å². The van der Waals surface area contributed by atoms with E-state index in [4.69, 9.17) is 0 Å². The van der Waals surface area contributed by atoms with Crippen molar-refractivity contribution in [3.63, 3.8) is 0 Å². The minimum Gasteiger partial charge on any atom is -0.507 e. The number of H-pyrrole nitrogens is 1. The molecule has 2 N–H and O–H groups in total. The van der Waals surface area contributed by atoms with Crippen molar-refractivity contribution in [3.8, 4) is 17.1 Å². The third-order valence-corrected chi connectivity index (χ3v) is 4.82. The predicted molar refractivity (Wildman–Crippen MR) is 105 cm³/mol. The molecule has 130 valence electrons. The monoisotopic (exact) mass is 355 g/mol. The van der Waals surface area contributed by atoms with Crippen LogP contribution in [0.4, 0.5) is 5.69 Å². The Morgan fingerprint density at radius 3 is 2.22 bits per heavy atom. The Bertz CT molecular complexity index is 1300. The van der Waals surface area contributed by atoms with Crippen LogP contribution in [0.3, 0.4) is 0 Å². The van der Waals surface area contributed by atoms with Gasteiger partial charge in [-0.1, -0.05) is 48.5 Å². The molecule has 0 aliphatic rings. The minimum atomic E-state index is -0.490. The van der Waals surface area contributed by atoms with Gasteiger partial charge in [-0.15, -0.1) is 0 Å². The highest BCUT2D eigenvalue weighted by atomic mass is 16.6. The van der Waals surface area contributed by atoms with Crippen LogP contribution < -0.4 is 0 Å². The molecule has 0 fully saturated rings. The van der Waals surface area contributed by atoms with Crippen molar-refractivity contribution in [2.45, 2.75) is 0 Å². The largest absolute Gasteiger partial charge is 0.507 e. The summed E-state index contributed by atoms with van der Waals surface area (Å²) < 4.78 is 0. The van der Waals surface area contributed by atoms with Gasteiger partial charge in [0.05, 0.1) is 21.5 Å². The molecule has 0 aliphatic heterocycles. The lowest BCUT2D eigenvalue weighted by molar-refractivity contribution is -0.384. The molecule has 0 amide bonds. The zero-order valence-electron chi connectivity index (χ0n) is 14.0. The number of imidazole rings is 1. The number of hydrogen-bond acceptors (Lipinski definition) is 4. The average molecular weight is 355 g/mol. The van der Waals surface area contributed by atoms with Gasteiger partial charge in [0.1, 0.15) is 11.6 Å². The second-order valence-corrected chi connectivity index (χ2v) is 6.36. The Morgan fingerprint density at radius 2 is 1.52 bits per heavy atom. The maximum absolute atomic E-state index is 11.1. The molecule has 0 unspecified atom stereocenters. The number of fused-ring (bicyclic) bond motifs is 6. The molecule has 1 aromatic heterocycles. The molecular formula is C21H13N3O3. The number of hydrogen-bond donors (Lipinski definition) is 2. The van der Waals surface area contributed by atoms with Crippen LogP contribution in [0.25, 0.3) is 44.0 Å². The van der Waals surface area contributed by atoms with Gasteiger partial charge < -0.3 is 10.1 Å². The van der Waals surface area contributed by atoms with E-state index in [0.29, 0.717) is 11.4 Å². The molecule has 4 aromatic carbocycles. The number of benzene rings is 4. The molecule has 0 saturated carbocycles. The Kier molecular flexibility index (Phi) is 3.14. The highest BCUT2D eigenvalue weighted by Crippen LogP contribution is 2.37. The first-order valence-corrected chi connectivity index (χ1v) is 8.40. The highest BCUT2D eigenvalue weighted by molar-refractivity contribution is 6.23. The molecule has 6 heteroatoms. The number of nitrogens with zero attached hydrogens (tertiary/aromatic N) is 2. The summed E-state index contributed by atoms with van der Waals surface area (Å²) in [6.45, 7) is 0. The number of phenols is 1. The average Bonchev–Trinajstić information content (AvgIpc) is 3.14. The van der Waals surface area contributed by atoms with Crippen molar-refractivity contribution in [1.29, 1.82) is 0 Å². The predicted octanol–water partition coefficient (Wildman–Crippen LogP) is 5.15. The lowest BCUT2D eigenvalue weighted by Gasteiger charge is -2.05. The number of nitrogens with one attached hydrogen (secondary N) is 1. The van der Waals surface area contributed by atoms with Crippen molar-refractivity contribution in [2.75, 3.05) is 0 Å². The van der Waals surface area contributed by atoms with Crippen LogP contribution in [0.2, 0.25) is 0 Å². The van der Waals surface area contributed by atoms with Gasteiger partial charge in [0, 0.05) is 22.9 Å². The summed E-state index contributed by atoms with van der Waals surface area (Å²) in [5.41, 5.74) is 1.81. The maximum Gasteiger partial charge on any atom is 0.270 e. The number of aromatic hydroxyl groups is 1. The molecule has 0 saturated heterocycles. The maximum atomic E-state index is 11.1.